The fourth-order valence-electron chi connectivity index (χ4n) is 2.69. The third-order valence-electron chi connectivity index (χ3n) is 3.99. The second kappa shape index (κ2) is 6.71. The molecule has 0 saturated heterocycles. The molecule has 0 spiro atoms. The highest BCUT2D eigenvalue weighted by atomic mass is 32.8. The van der Waals surface area contributed by atoms with Crippen LogP contribution in [-0.4, -0.2) is 24.2 Å². The molecule has 0 bridgehead atoms. The number of furan rings is 1. The Balaban J connectivity index is 1.67. The van der Waals surface area contributed by atoms with E-state index in [0.29, 0.717) is 11.8 Å². The molecule has 1 heterocycles. The molecular formula is C17H21NO3S2. The summed E-state index contributed by atoms with van der Waals surface area (Å²) in [6, 6.07) is 7.97. The highest BCUT2D eigenvalue weighted by Gasteiger charge is 2.31. The van der Waals surface area contributed by atoms with Gasteiger partial charge in [0.1, 0.15) is 17.4 Å². The SMILES string of the molecule is CC(C)C(=O)c1cc2cc(OC3CC(NS(C)=S)C3)ccc2o1. The summed E-state index contributed by atoms with van der Waals surface area (Å²) in [6.07, 6.45) is 4.20. The number of ketones is 1. The molecule has 23 heavy (non-hydrogen) atoms. The van der Waals surface area contributed by atoms with Crippen LogP contribution in [0.4, 0.5) is 0 Å². The summed E-state index contributed by atoms with van der Waals surface area (Å²) in [4.78, 5) is 12.0. The standard InChI is InChI=1S/C17H21NO3S2/c1-10(2)17(19)16-7-11-6-13(4-5-15(11)21-16)20-14-8-12(9-14)18-23(3)22/h4-7,10,12,14,18H,8-9H2,1-3H3. The number of fused-ring (bicyclic) bond motifs is 1. The highest BCUT2D eigenvalue weighted by Crippen LogP contribution is 2.30. The van der Waals surface area contributed by atoms with Crippen LogP contribution in [0.15, 0.2) is 28.7 Å². The average Bonchev–Trinajstić information content (AvgIpc) is 2.86. The zero-order valence-corrected chi connectivity index (χ0v) is 15.1. The second-order valence-corrected chi connectivity index (χ2v) is 8.95. The summed E-state index contributed by atoms with van der Waals surface area (Å²) < 4.78 is 15.0. The van der Waals surface area contributed by atoms with Crippen LogP contribution in [0.25, 0.3) is 11.0 Å². The molecule has 1 aliphatic rings. The van der Waals surface area contributed by atoms with Gasteiger partial charge in [-0.15, -0.1) is 0 Å². The molecule has 1 saturated carbocycles. The molecule has 1 fully saturated rings. The Hall–Kier alpha value is -1.24. The summed E-state index contributed by atoms with van der Waals surface area (Å²) in [7, 11) is -0.147. The van der Waals surface area contributed by atoms with E-state index in [1.165, 1.54) is 0 Å². The number of rotatable bonds is 6. The molecule has 0 amide bonds. The van der Waals surface area contributed by atoms with Crippen molar-refractivity contribution in [3.63, 3.8) is 0 Å². The van der Waals surface area contributed by atoms with Crippen molar-refractivity contribution in [1.29, 1.82) is 0 Å². The van der Waals surface area contributed by atoms with E-state index in [1.54, 1.807) is 6.07 Å². The van der Waals surface area contributed by atoms with Crippen molar-refractivity contribution in [1.82, 2.24) is 4.72 Å². The lowest BCUT2D eigenvalue weighted by atomic mass is 9.90. The predicted molar refractivity (Wildman–Crippen MR) is 96.6 cm³/mol. The minimum Gasteiger partial charge on any atom is -0.490 e. The molecule has 1 aliphatic carbocycles. The third-order valence-corrected chi connectivity index (χ3v) is 4.94. The summed E-state index contributed by atoms with van der Waals surface area (Å²) >= 11 is 5.16. The zero-order chi connectivity index (χ0) is 16.6. The maximum absolute atomic E-state index is 12.0. The minimum atomic E-state index is -0.147. The fourth-order valence-corrected chi connectivity index (χ4v) is 3.76. The van der Waals surface area contributed by atoms with Crippen molar-refractivity contribution in [3.05, 3.63) is 30.0 Å². The molecule has 124 valence electrons. The smallest absolute Gasteiger partial charge is 0.200 e. The van der Waals surface area contributed by atoms with E-state index in [-0.39, 0.29) is 27.4 Å². The van der Waals surface area contributed by atoms with Crippen molar-refractivity contribution in [2.75, 3.05) is 6.26 Å². The first-order valence-corrected chi connectivity index (χ1v) is 10.3. The van der Waals surface area contributed by atoms with Gasteiger partial charge in [0.15, 0.2) is 5.76 Å². The minimum absolute atomic E-state index is 0.0236. The number of hydrogen-bond acceptors (Lipinski definition) is 4. The number of nitrogens with one attached hydrogen (secondary N) is 1. The van der Waals surface area contributed by atoms with Crippen LogP contribution in [0.2, 0.25) is 0 Å². The Bertz CT molecular complexity index is 747. The van der Waals surface area contributed by atoms with Crippen molar-refractivity contribution in [3.8, 4) is 5.75 Å². The first kappa shape index (κ1) is 16.6. The van der Waals surface area contributed by atoms with Crippen LogP contribution in [0.3, 0.4) is 0 Å². The van der Waals surface area contributed by atoms with Gasteiger partial charge < -0.3 is 9.15 Å². The van der Waals surface area contributed by atoms with Gasteiger partial charge in [0.05, 0.1) is 0 Å². The summed E-state index contributed by atoms with van der Waals surface area (Å²) in [5, 5.41) is 0.904. The molecule has 3 rings (SSSR count). The first-order valence-electron chi connectivity index (χ1n) is 7.76. The Morgan fingerprint density at radius 2 is 2.13 bits per heavy atom. The van der Waals surface area contributed by atoms with Crippen LogP contribution in [0, 0.1) is 5.92 Å². The van der Waals surface area contributed by atoms with Gasteiger partial charge in [-0.2, -0.15) is 0 Å². The zero-order valence-electron chi connectivity index (χ0n) is 13.5. The Morgan fingerprint density at radius 1 is 1.39 bits per heavy atom. The topological polar surface area (TPSA) is 51.5 Å². The van der Waals surface area contributed by atoms with Crippen LogP contribution in [0.5, 0.6) is 5.75 Å². The molecule has 1 unspecified atom stereocenters. The van der Waals surface area contributed by atoms with E-state index in [4.69, 9.17) is 20.3 Å². The maximum Gasteiger partial charge on any atom is 0.200 e. The monoisotopic (exact) mass is 351 g/mol. The van der Waals surface area contributed by atoms with Crippen molar-refractivity contribution >= 4 is 37.6 Å². The van der Waals surface area contributed by atoms with Gasteiger partial charge in [0, 0.05) is 30.2 Å². The van der Waals surface area contributed by atoms with E-state index in [0.717, 1.165) is 29.6 Å². The number of Topliss-reactive ketones (excluding diaryl/α,β-unsaturated/α-hetero) is 1. The predicted octanol–water partition coefficient (Wildman–Crippen LogP) is 3.40. The lowest BCUT2D eigenvalue weighted by Crippen LogP contribution is -2.46. The lowest BCUT2D eigenvalue weighted by molar-refractivity contribution is 0.0913. The van der Waals surface area contributed by atoms with E-state index < -0.39 is 0 Å². The molecule has 1 aromatic carbocycles. The number of carbonyl (C=O) groups is 1. The Labute approximate surface area is 143 Å². The number of carbonyl (C=O) groups excluding carboxylic acids is 1. The van der Waals surface area contributed by atoms with Crippen LogP contribution in [0.1, 0.15) is 37.2 Å². The van der Waals surface area contributed by atoms with Gasteiger partial charge in [-0.3, -0.25) is 9.52 Å². The second-order valence-electron chi connectivity index (χ2n) is 6.31. The highest BCUT2D eigenvalue weighted by molar-refractivity contribution is 8.27. The quantitative estimate of drug-likeness (QED) is 0.809. The van der Waals surface area contributed by atoms with Gasteiger partial charge in [0.2, 0.25) is 5.78 Å². The van der Waals surface area contributed by atoms with Crippen LogP contribution >= 0.6 is 0 Å². The van der Waals surface area contributed by atoms with Gasteiger partial charge in [-0.25, -0.2) is 0 Å². The molecule has 0 aliphatic heterocycles. The van der Waals surface area contributed by atoms with Crippen molar-refractivity contribution in [2.45, 2.75) is 38.8 Å². The molecule has 0 radical (unpaired) electrons. The largest absolute Gasteiger partial charge is 0.490 e. The summed E-state index contributed by atoms with van der Waals surface area (Å²) in [5.41, 5.74) is 0.718. The lowest BCUT2D eigenvalue weighted by Gasteiger charge is -2.35. The van der Waals surface area contributed by atoms with Crippen LogP contribution < -0.4 is 9.46 Å². The Kier molecular flexibility index (Phi) is 4.85. The van der Waals surface area contributed by atoms with Gasteiger partial charge >= 0.3 is 0 Å². The summed E-state index contributed by atoms with van der Waals surface area (Å²) in [5.74, 6) is 1.19. The van der Waals surface area contributed by atoms with Gasteiger partial charge in [-0.05, 0) is 41.7 Å². The first-order chi connectivity index (χ1) is 10.9. The van der Waals surface area contributed by atoms with E-state index in [9.17, 15) is 4.79 Å². The molecule has 4 nitrogen and oxygen atoms in total. The summed E-state index contributed by atoms with van der Waals surface area (Å²) in [6.45, 7) is 3.74. The fraction of sp³-hybridized carbons (Fsp3) is 0.471. The normalized spacial score (nSPS) is 22.1. The molecule has 6 heteroatoms. The number of benzene rings is 1. The molecule has 1 atom stereocenters. The third kappa shape index (κ3) is 3.82. The van der Waals surface area contributed by atoms with Crippen LogP contribution in [-0.2, 0) is 20.8 Å². The van der Waals surface area contributed by atoms with Gasteiger partial charge in [-0.1, -0.05) is 23.5 Å². The van der Waals surface area contributed by atoms with E-state index >= 15 is 0 Å². The van der Waals surface area contributed by atoms with Crippen molar-refractivity contribution < 1.29 is 13.9 Å². The average molecular weight is 351 g/mol. The number of hydrogen-bond donors (Lipinski definition) is 1. The molecule has 2 aromatic rings. The van der Waals surface area contributed by atoms with E-state index in [2.05, 4.69) is 4.72 Å². The molecular weight excluding hydrogens is 330 g/mol. The number of ether oxygens (including phenoxy) is 1. The molecule has 1 aromatic heterocycles. The Morgan fingerprint density at radius 3 is 2.78 bits per heavy atom. The van der Waals surface area contributed by atoms with Gasteiger partial charge in [0.25, 0.3) is 0 Å². The maximum atomic E-state index is 12.0. The van der Waals surface area contributed by atoms with E-state index in [1.807, 2.05) is 38.3 Å². The van der Waals surface area contributed by atoms with Crippen molar-refractivity contribution in [2.24, 2.45) is 5.92 Å². The molecule has 1 N–H and O–H groups in total.